The van der Waals surface area contributed by atoms with Crippen molar-refractivity contribution in [2.75, 3.05) is 0 Å². The van der Waals surface area contributed by atoms with Crippen LogP contribution in [0.25, 0.3) is 11.9 Å². The second-order valence-electron chi connectivity index (χ2n) is 5.87. The first-order chi connectivity index (χ1) is 12.5. The van der Waals surface area contributed by atoms with Crippen LogP contribution in [0.15, 0.2) is 49.1 Å². The second kappa shape index (κ2) is 8.44. The molecule has 0 spiro atoms. The summed E-state index contributed by atoms with van der Waals surface area (Å²) in [4.78, 5) is 0. The lowest BCUT2D eigenvalue weighted by molar-refractivity contribution is -0.139. The van der Waals surface area contributed by atoms with Crippen LogP contribution in [0, 0.1) is 0 Å². The lowest BCUT2D eigenvalue weighted by atomic mass is 9.95. The molecule has 0 radical (unpaired) electrons. The van der Waals surface area contributed by atoms with E-state index in [9.17, 15) is 22.0 Å². The van der Waals surface area contributed by atoms with Gasteiger partial charge in [0.05, 0.1) is 10.0 Å². The minimum Gasteiger partial charge on any atom is -0.243 e. The molecule has 0 nitrogen and oxygen atoms in total. The predicted octanol–water partition coefficient (Wildman–Crippen LogP) is 8.32. The van der Waals surface area contributed by atoms with E-state index in [4.69, 9.17) is 23.2 Å². The van der Waals surface area contributed by atoms with Crippen LogP contribution in [0.1, 0.15) is 41.3 Å². The summed E-state index contributed by atoms with van der Waals surface area (Å²) < 4.78 is 68.8. The van der Waals surface area contributed by atoms with E-state index in [1.165, 1.54) is 37.3 Å². The molecule has 7 heteroatoms. The van der Waals surface area contributed by atoms with Gasteiger partial charge in [0, 0.05) is 5.56 Å². The minimum atomic E-state index is -4.76. The van der Waals surface area contributed by atoms with E-state index in [1.807, 2.05) is 0 Å². The van der Waals surface area contributed by atoms with Gasteiger partial charge in [-0.05, 0) is 47.9 Å². The van der Waals surface area contributed by atoms with Crippen molar-refractivity contribution in [3.63, 3.8) is 0 Å². The summed E-state index contributed by atoms with van der Waals surface area (Å²) >= 11 is 11.5. The number of alkyl halides is 4. The molecule has 0 fully saturated rings. The molecular weight excluding hydrogens is 406 g/mol. The first-order valence-corrected chi connectivity index (χ1v) is 8.60. The molecule has 2 aromatic carbocycles. The van der Waals surface area contributed by atoms with Crippen molar-refractivity contribution in [1.29, 1.82) is 0 Å². The van der Waals surface area contributed by atoms with Gasteiger partial charge >= 0.3 is 6.18 Å². The number of allylic oxidation sites excluding steroid dienone is 1. The van der Waals surface area contributed by atoms with Crippen molar-refractivity contribution in [1.82, 2.24) is 0 Å². The molecule has 0 aliphatic carbocycles. The molecule has 144 valence electrons. The molecule has 0 amide bonds. The van der Waals surface area contributed by atoms with Gasteiger partial charge in [-0.2, -0.15) is 13.2 Å². The molecule has 0 N–H and O–H groups in total. The van der Waals surface area contributed by atoms with Gasteiger partial charge in [-0.15, -0.1) is 0 Å². The predicted molar refractivity (Wildman–Crippen MR) is 100 cm³/mol. The van der Waals surface area contributed by atoms with Crippen LogP contribution in [-0.4, -0.2) is 6.18 Å². The summed E-state index contributed by atoms with van der Waals surface area (Å²) in [6.45, 7) is 4.79. The van der Waals surface area contributed by atoms with Crippen LogP contribution in [-0.2, 0) is 0 Å². The summed E-state index contributed by atoms with van der Waals surface area (Å²) in [5, 5.41) is 0.0217. The van der Waals surface area contributed by atoms with Crippen molar-refractivity contribution in [3.8, 4) is 0 Å². The lowest BCUT2D eigenvalue weighted by Crippen LogP contribution is -2.19. The molecule has 27 heavy (non-hydrogen) atoms. The third kappa shape index (κ3) is 5.11. The fourth-order valence-electron chi connectivity index (χ4n) is 2.58. The van der Waals surface area contributed by atoms with Crippen LogP contribution in [0.4, 0.5) is 22.0 Å². The number of benzene rings is 2. The summed E-state index contributed by atoms with van der Waals surface area (Å²) in [5.74, 6) is -3.36. The fraction of sp³-hybridized carbons (Fsp3) is 0.200. The molecule has 2 rings (SSSR count). The van der Waals surface area contributed by atoms with Crippen LogP contribution < -0.4 is 0 Å². The van der Waals surface area contributed by atoms with Gasteiger partial charge in [-0.25, -0.2) is 8.78 Å². The zero-order chi connectivity index (χ0) is 20.4. The Balaban J connectivity index is 2.52. The molecule has 0 aromatic heterocycles. The van der Waals surface area contributed by atoms with Gasteiger partial charge in [0.25, 0.3) is 0 Å². The van der Waals surface area contributed by atoms with Crippen LogP contribution in [0.5, 0.6) is 0 Å². The Morgan fingerprint density at radius 2 is 1.74 bits per heavy atom. The Morgan fingerprint density at radius 3 is 2.26 bits per heavy atom. The first-order valence-electron chi connectivity index (χ1n) is 7.84. The summed E-state index contributed by atoms with van der Waals surface area (Å²) in [6.07, 6.45) is -4.36. The highest BCUT2D eigenvalue weighted by molar-refractivity contribution is 6.42. The van der Waals surface area contributed by atoms with Crippen molar-refractivity contribution < 1.29 is 22.0 Å². The van der Waals surface area contributed by atoms with Gasteiger partial charge in [-0.1, -0.05) is 54.1 Å². The molecular formula is C20H15Cl2F5. The fourth-order valence-corrected chi connectivity index (χ4v) is 2.89. The van der Waals surface area contributed by atoms with E-state index < -0.39 is 24.1 Å². The van der Waals surface area contributed by atoms with Gasteiger partial charge in [-0.3, -0.25) is 0 Å². The van der Waals surface area contributed by atoms with Gasteiger partial charge in [0.2, 0.25) is 0 Å². The number of hydrogen-bond donors (Lipinski definition) is 0. The monoisotopic (exact) mass is 420 g/mol. The average Bonchev–Trinajstić information content (AvgIpc) is 2.60. The molecule has 0 aliphatic rings. The van der Waals surface area contributed by atoms with Gasteiger partial charge < -0.3 is 0 Å². The molecule has 2 unspecified atom stereocenters. The number of rotatable bonds is 5. The zero-order valence-corrected chi connectivity index (χ0v) is 15.6. The summed E-state index contributed by atoms with van der Waals surface area (Å²) in [7, 11) is 0. The Labute approximate surface area is 163 Å². The van der Waals surface area contributed by atoms with Gasteiger partial charge in [0.15, 0.2) is 0 Å². The van der Waals surface area contributed by atoms with Crippen LogP contribution in [0.3, 0.4) is 0 Å². The highest BCUT2D eigenvalue weighted by Gasteiger charge is 2.40. The minimum absolute atomic E-state index is 0.0684. The molecule has 0 aliphatic heterocycles. The SMILES string of the molecule is C=Cc1ccc(/C(F)=C/C(c2ccc(Cl)c(Cl)c2)C(F)(F)F)cc1C(C)F. The van der Waals surface area contributed by atoms with Gasteiger partial charge in [0.1, 0.15) is 17.9 Å². The Bertz CT molecular complexity index is 869. The zero-order valence-electron chi connectivity index (χ0n) is 14.1. The maximum Gasteiger partial charge on any atom is 0.399 e. The lowest BCUT2D eigenvalue weighted by Gasteiger charge is -2.18. The number of hydrogen-bond acceptors (Lipinski definition) is 0. The second-order valence-corrected chi connectivity index (χ2v) is 6.69. The highest BCUT2D eigenvalue weighted by Crippen LogP contribution is 2.40. The molecule has 2 aromatic rings. The maximum atomic E-state index is 14.6. The third-order valence-corrected chi connectivity index (χ3v) is 4.72. The van der Waals surface area contributed by atoms with E-state index in [0.29, 0.717) is 11.6 Å². The van der Waals surface area contributed by atoms with E-state index >= 15 is 0 Å². The average molecular weight is 421 g/mol. The van der Waals surface area contributed by atoms with Crippen molar-refractivity contribution in [3.05, 3.63) is 81.4 Å². The summed E-state index contributed by atoms with van der Waals surface area (Å²) in [5.41, 5.74) is 0.172. The third-order valence-electron chi connectivity index (χ3n) is 3.98. The summed E-state index contributed by atoms with van der Waals surface area (Å²) in [6, 6.07) is 7.24. The molecule has 0 heterocycles. The normalized spacial score (nSPS) is 14.7. The molecule has 0 saturated carbocycles. The van der Waals surface area contributed by atoms with Crippen LogP contribution >= 0.6 is 23.2 Å². The van der Waals surface area contributed by atoms with E-state index in [-0.39, 0.29) is 26.7 Å². The highest BCUT2D eigenvalue weighted by atomic mass is 35.5. The largest absolute Gasteiger partial charge is 0.399 e. The smallest absolute Gasteiger partial charge is 0.243 e. The topological polar surface area (TPSA) is 0 Å². The Kier molecular flexibility index (Phi) is 6.71. The molecule has 2 atom stereocenters. The first kappa shape index (κ1) is 21.5. The Hall–Kier alpha value is -1.85. The van der Waals surface area contributed by atoms with E-state index in [0.717, 1.165) is 12.1 Å². The molecule has 0 saturated heterocycles. The standard InChI is InChI=1S/C20H15Cl2F5/c1-3-12-4-5-14(8-15(12)11(2)23)19(24)10-16(20(25,26)27)13-6-7-17(21)18(22)9-13/h3-11,16H,1H2,2H3/b19-10-. The number of halogens is 7. The van der Waals surface area contributed by atoms with Crippen molar-refractivity contribution in [2.24, 2.45) is 0 Å². The molecule has 0 bridgehead atoms. The van der Waals surface area contributed by atoms with Crippen molar-refractivity contribution >= 4 is 35.1 Å². The Morgan fingerprint density at radius 1 is 1.07 bits per heavy atom. The quantitative estimate of drug-likeness (QED) is 0.426. The van der Waals surface area contributed by atoms with E-state index in [2.05, 4.69) is 6.58 Å². The van der Waals surface area contributed by atoms with E-state index in [1.54, 1.807) is 0 Å². The van der Waals surface area contributed by atoms with Crippen molar-refractivity contribution in [2.45, 2.75) is 25.2 Å². The van der Waals surface area contributed by atoms with Crippen LogP contribution in [0.2, 0.25) is 10.0 Å². The maximum absolute atomic E-state index is 14.6.